The molecule has 100 valence electrons. The molecule has 1 heterocycles. The second kappa shape index (κ2) is 5.30. The third kappa shape index (κ3) is 2.79. The Labute approximate surface area is 115 Å². The van der Waals surface area contributed by atoms with Crippen molar-refractivity contribution in [3.05, 3.63) is 42.1 Å². The number of rotatable bonds is 4. The van der Waals surface area contributed by atoms with E-state index >= 15 is 0 Å². The Kier molecular flexibility index (Phi) is 3.52. The number of fused-ring (bicyclic) bond motifs is 1. The van der Waals surface area contributed by atoms with Crippen LogP contribution in [0.3, 0.4) is 0 Å². The summed E-state index contributed by atoms with van der Waals surface area (Å²) in [5.41, 5.74) is 2.95. The van der Waals surface area contributed by atoms with E-state index in [9.17, 15) is 0 Å². The summed E-state index contributed by atoms with van der Waals surface area (Å²) in [5.74, 6) is 0. The quantitative estimate of drug-likeness (QED) is 0.895. The molecule has 1 aliphatic rings. The van der Waals surface area contributed by atoms with E-state index in [1.54, 1.807) is 0 Å². The molecule has 0 bridgehead atoms. The maximum absolute atomic E-state index is 4.51. The van der Waals surface area contributed by atoms with Crippen molar-refractivity contribution in [3.63, 3.8) is 0 Å². The molecule has 3 rings (SSSR count). The van der Waals surface area contributed by atoms with Gasteiger partial charge in [0.2, 0.25) is 0 Å². The van der Waals surface area contributed by atoms with Crippen molar-refractivity contribution in [1.29, 1.82) is 0 Å². The highest BCUT2D eigenvalue weighted by Gasteiger charge is 2.27. The molecule has 0 unspecified atom stereocenters. The SMILES string of the molecule is CC1(CNCc2cccc3cccnc23)CCCC1. The largest absolute Gasteiger partial charge is 0.312 e. The van der Waals surface area contributed by atoms with Crippen LogP contribution < -0.4 is 5.32 Å². The standard InChI is InChI=1S/C17H22N2/c1-17(9-2-3-10-17)13-18-12-15-7-4-6-14-8-5-11-19-16(14)15/h4-8,11,18H,2-3,9-10,12-13H2,1H3. The zero-order chi connectivity index (χ0) is 13.1. The smallest absolute Gasteiger partial charge is 0.0746 e. The highest BCUT2D eigenvalue weighted by molar-refractivity contribution is 5.81. The average molecular weight is 254 g/mol. The molecule has 1 N–H and O–H groups in total. The first-order chi connectivity index (χ1) is 9.27. The van der Waals surface area contributed by atoms with Crippen LogP contribution in [0.25, 0.3) is 10.9 Å². The van der Waals surface area contributed by atoms with Crippen molar-refractivity contribution in [2.75, 3.05) is 6.54 Å². The second-order valence-corrected chi connectivity index (χ2v) is 6.11. The molecule has 1 saturated carbocycles. The summed E-state index contributed by atoms with van der Waals surface area (Å²) in [4.78, 5) is 4.51. The van der Waals surface area contributed by atoms with E-state index in [2.05, 4.69) is 41.5 Å². The molecule has 0 saturated heterocycles. The lowest BCUT2D eigenvalue weighted by molar-refractivity contribution is 0.315. The Hall–Kier alpha value is -1.41. The summed E-state index contributed by atoms with van der Waals surface area (Å²) >= 11 is 0. The lowest BCUT2D eigenvalue weighted by Gasteiger charge is -2.23. The fourth-order valence-electron chi connectivity index (χ4n) is 3.21. The number of pyridine rings is 1. The summed E-state index contributed by atoms with van der Waals surface area (Å²) in [5, 5.41) is 4.87. The van der Waals surface area contributed by atoms with Crippen LogP contribution in [0.1, 0.15) is 38.2 Å². The second-order valence-electron chi connectivity index (χ2n) is 6.11. The average Bonchev–Trinajstić information content (AvgIpc) is 2.86. The highest BCUT2D eigenvalue weighted by atomic mass is 14.9. The first kappa shape index (κ1) is 12.6. The molecule has 2 nitrogen and oxygen atoms in total. The molecule has 0 spiro atoms. The number of benzene rings is 1. The molecule has 0 atom stereocenters. The number of hydrogen-bond acceptors (Lipinski definition) is 2. The summed E-state index contributed by atoms with van der Waals surface area (Å²) in [6.07, 6.45) is 7.41. The first-order valence-electron chi connectivity index (χ1n) is 7.30. The topological polar surface area (TPSA) is 24.9 Å². The minimum Gasteiger partial charge on any atom is -0.312 e. The minimum absolute atomic E-state index is 0.512. The zero-order valence-electron chi connectivity index (χ0n) is 11.7. The Morgan fingerprint density at radius 2 is 1.95 bits per heavy atom. The number of hydrogen-bond donors (Lipinski definition) is 1. The van der Waals surface area contributed by atoms with Crippen molar-refractivity contribution in [3.8, 4) is 0 Å². The Morgan fingerprint density at radius 1 is 1.16 bits per heavy atom. The van der Waals surface area contributed by atoms with Gasteiger partial charge in [-0.1, -0.05) is 44.0 Å². The number of para-hydroxylation sites is 1. The lowest BCUT2D eigenvalue weighted by atomic mass is 9.89. The molecule has 19 heavy (non-hydrogen) atoms. The van der Waals surface area contributed by atoms with E-state index in [-0.39, 0.29) is 0 Å². The first-order valence-corrected chi connectivity index (χ1v) is 7.30. The van der Waals surface area contributed by atoms with Gasteiger partial charge in [0.25, 0.3) is 0 Å². The van der Waals surface area contributed by atoms with E-state index in [1.807, 2.05) is 12.3 Å². The number of aromatic nitrogens is 1. The van der Waals surface area contributed by atoms with Gasteiger partial charge in [0.15, 0.2) is 0 Å². The summed E-state index contributed by atoms with van der Waals surface area (Å²) in [6.45, 7) is 4.45. The summed E-state index contributed by atoms with van der Waals surface area (Å²) < 4.78 is 0. The molecule has 1 aromatic heterocycles. The van der Waals surface area contributed by atoms with Crippen molar-refractivity contribution in [1.82, 2.24) is 10.3 Å². The maximum Gasteiger partial charge on any atom is 0.0746 e. The van der Waals surface area contributed by atoms with Gasteiger partial charge < -0.3 is 5.32 Å². The lowest BCUT2D eigenvalue weighted by Crippen LogP contribution is -2.29. The monoisotopic (exact) mass is 254 g/mol. The fraction of sp³-hybridized carbons (Fsp3) is 0.471. The van der Waals surface area contributed by atoms with Crippen LogP contribution in [0.15, 0.2) is 36.5 Å². The molecule has 1 fully saturated rings. The molecular formula is C17H22N2. The van der Waals surface area contributed by atoms with Crippen LogP contribution in [-0.2, 0) is 6.54 Å². The van der Waals surface area contributed by atoms with Crippen molar-refractivity contribution >= 4 is 10.9 Å². The van der Waals surface area contributed by atoms with E-state index in [1.165, 1.54) is 36.6 Å². The van der Waals surface area contributed by atoms with Crippen LogP contribution in [0.5, 0.6) is 0 Å². The molecule has 0 aliphatic heterocycles. The van der Waals surface area contributed by atoms with Crippen LogP contribution in [0.4, 0.5) is 0 Å². The van der Waals surface area contributed by atoms with Crippen LogP contribution in [-0.4, -0.2) is 11.5 Å². The molecule has 2 heteroatoms. The summed E-state index contributed by atoms with van der Waals surface area (Å²) in [6, 6.07) is 10.6. The van der Waals surface area contributed by atoms with Gasteiger partial charge in [0.1, 0.15) is 0 Å². The number of nitrogens with one attached hydrogen (secondary N) is 1. The van der Waals surface area contributed by atoms with Gasteiger partial charge in [0.05, 0.1) is 5.52 Å². The third-order valence-electron chi connectivity index (χ3n) is 4.39. The van der Waals surface area contributed by atoms with Gasteiger partial charge in [-0.15, -0.1) is 0 Å². The third-order valence-corrected chi connectivity index (χ3v) is 4.39. The predicted molar refractivity (Wildman–Crippen MR) is 80.0 cm³/mol. The van der Waals surface area contributed by atoms with E-state index in [0.717, 1.165) is 18.6 Å². The molecule has 2 aromatic rings. The van der Waals surface area contributed by atoms with Gasteiger partial charge in [-0.05, 0) is 29.9 Å². The van der Waals surface area contributed by atoms with Crippen molar-refractivity contribution < 1.29 is 0 Å². The van der Waals surface area contributed by atoms with Crippen LogP contribution in [0.2, 0.25) is 0 Å². The van der Waals surface area contributed by atoms with Crippen molar-refractivity contribution in [2.45, 2.75) is 39.2 Å². The van der Waals surface area contributed by atoms with E-state index < -0.39 is 0 Å². The fourth-order valence-corrected chi connectivity index (χ4v) is 3.21. The van der Waals surface area contributed by atoms with Gasteiger partial charge in [0, 0.05) is 24.7 Å². The Morgan fingerprint density at radius 3 is 2.79 bits per heavy atom. The van der Waals surface area contributed by atoms with Crippen LogP contribution in [0, 0.1) is 5.41 Å². The van der Waals surface area contributed by atoms with Gasteiger partial charge in [-0.3, -0.25) is 4.98 Å². The van der Waals surface area contributed by atoms with Gasteiger partial charge >= 0.3 is 0 Å². The molecule has 0 radical (unpaired) electrons. The van der Waals surface area contributed by atoms with Crippen LogP contribution >= 0.6 is 0 Å². The minimum atomic E-state index is 0.512. The Bertz CT molecular complexity index is 551. The maximum atomic E-state index is 4.51. The zero-order valence-corrected chi connectivity index (χ0v) is 11.7. The molecular weight excluding hydrogens is 232 g/mol. The number of nitrogens with zero attached hydrogens (tertiary/aromatic N) is 1. The molecule has 1 aromatic carbocycles. The predicted octanol–water partition coefficient (Wildman–Crippen LogP) is 3.90. The molecule has 1 aliphatic carbocycles. The normalized spacial score (nSPS) is 17.9. The summed E-state index contributed by atoms with van der Waals surface area (Å²) in [7, 11) is 0. The van der Waals surface area contributed by atoms with Gasteiger partial charge in [-0.25, -0.2) is 0 Å². The van der Waals surface area contributed by atoms with Gasteiger partial charge in [-0.2, -0.15) is 0 Å². The highest BCUT2D eigenvalue weighted by Crippen LogP contribution is 2.36. The van der Waals surface area contributed by atoms with Crippen molar-refractivity contribution in [2.24, 2.45) is 5.41 Å². The van der Waals surface area contributed by atoms with E-state index in [0.29, 0.717) is 5.41 Å². The molecule has 0 amide bonds. The van der Waals surface area contributed by atoms with E-state index in [4.69, 9.17) is 0 Å². The Balaban J connectivity index is 1.68.